The SMILES string of the molecule is CB(C)c1ccc(OCCc2ccccc2)c(Cl)c1. The minimum atomic E-state index is 0.482. The van der Waals surface area contributed by atoms with Crippen LogP contribution >= 0.6 is 11.6 Å². The highest BCUT2D eigenvalue weighted by atomic mass is 35.5. The van der Waals surface area contributed by atoms with E-state index in [4.69, 9.17) is 16.3 Å². The molecule has 0 aliphatic rings. The normalized spacial score (nSPS) is 10.3. The molecular weight excluding hydrogens is 254 g/mol. The summed E-state index contributed by atoms with van der Waals surface area (Å²) in [6.45, 7) is 5.43. The molecule has 0 aromatic heterocycles. The summed E-state index contributed by atoms with van der Waals surface area (Å²) in [5.41, 5.74) is 2.51. The van der Waals surface area contributed by atoms with Gasteiger partial charge in [0.05, 0.1) is 11.6 Å². The van der Waals surface area contributed by atoms with Crippen molar-refractivity contribution in [1.82, 2.24) is 0 Å². The summed E-state index contributed by atoms with van der Waals surface area (Å²) in [6, 6.07) is 16.3. The molecule has 0 fully saturated rings. The molecule has 19 heavy (non-hydrogen) atoms. The molecule has 0 bridgehead atoms. The van der Waals surface area contributed by atoms with E-state index in [2.05, 4.69) is 31.8 Å². The molecule has 98 valence electrons. The van der Waals surface area contributed by atoms with E-state index < -0.39 is 0 Å². The Morgan fingerprint density at radius 1 is 1.05 bits per heavy atom. The summed E-state index contributed by atoms with van der Waals surface area (Å²) >= 11 is 6.23. The topological polar surface area (TPSA) is 9.23 Å². The molecule has 0 saturated heterocycles. The number of hydrogen-bond acceptors (Lipinski definition) is 1. The lowest BCUT2D eigenvalue weighted by molar-refractivity contribution is 0.322. The van der Waals surface area contributed by atoms with Crippen LogP contribution in [0.2, 0.25) is 18.7 Å². The lowest BCUT2D eigenvalue weighted by Crippen LogP contribution is -2.22. The second kappa shape index (κ2) is 6.67. The van der Waals surface area contributed by atoms with E-state index in [1.165, 1.54) is 11.0 Å². The first-order valence-corrected chi connectivity index (χ1v) is 7.01. The van der Waals surface area contributed by atoms with Gasteiger partial charge in [-0.1, -0.05) is 67.1 Å². The van der Waals surface area contributed by atoms with Gasteiger partial charge in [0, 0.05) is 6.42 Å². The van der Waals surface area contributed by atoms with Gasteiger partial charge in [-0.3, -0.25) is 0 Å². The quantitative estimate of drug-likeness (QED) is 0.750. The van der Waals surface area contributed by atoms with Crippen molar-refractivity contribution in [2.75, 3.05) is 6.61 Å². The van der Waals surface area contributed by atoms with Crippen LogP contribution < -0.4 is 10.2 Å². The summed E-state index contributed by atoms with van der Waals surface area (Å²) in [5.74, 6) is 0.766. The van der Waals surface area contributed by atoms with Crippen LogP contribution in [0.25, 0.3) is 0 Å². The fraction of sp³-hybridized carbons (Fsp3) is 0.250. The molecule has 0 aliphatic carbocycles. The highest BCUT2D eigenvalue weighted by Gasteiger charge is 2.07. The van der Waals surface area contributed by atoms with Gasteiger partial charge in [0.1, 0.15) is 5.75 Å². The lowest BCUT2D eigenvalue weighted by Gasteiger charge is -2.10. The second-order valence-electron chi connectivity index (χ2n) is 4.93. The van der Waals surface area contributed by atoms with Crippen molar-refractivity contribution in [3.05, 3.63) is 59.1 Å². The van der Waals surface area contributed by atoms with Crippen LogP contribution in [0, 0.1) is 0 Å². The van der Waals surface area contributed by atoms with Gasteiger partial charge in [-0.15, -0.1) is 0 Å². The van der Waals surface area contributed by atoms with Crippen LogP contribution in [-0.2, 0) is 6.42 Å². The van der Waals surface area contributed by atoms with E-state index in [1.54, 1.807) is 0 Å². The number of hydrogen-bond donors (Lipinski definition) is 0. The van der Waals surface area contributed by atoms with Crippen molar-refractivity contribution in [1.29, 1.82) is 0 Å². The Balaban J connectivity index is 1.93. The third-order valence-electron chi connectivity index (χ3n) is 3.11. The summed E-state index contributed by atoms with van der Waals surface area (Å²) < 4.78 is 5.74. The molecule has 0 heterocycles. The van der Waals surface area contributed by atoms with Gasteiger partial charge in [-0.25, -0.2) is 0 Å². The van der Waals surface area contributed by atoms with Gasteiger partial charge >= 0.3 is 0 Å². The minimum Gasteiger partial charge on any atom is -0.492 e. The van der Waals surface area contributed by atoms with Crippen molar-refractivity contribution in [3.8, 4) is 5.75 Å². The van der Waals surface area contributed by atoms with Crippen LogP contribution in [0.1, 0.15) is 5.56 Å². The fourth-order valence-electron chi connectivity index (χ4n) is 1.92. The molecule has 0 radical (unpaired) electrons. The number of benzene rings is 2. The van der Waals surface area contributed by atoms with Crippen molar-refractivity contribution in [2.45, 2.75) is 20.1 Å². The van der Waals surface area contributed by atoms with E-state index >= 15 is 0 Å². The molecular formula is C16H18BClO. The molecule has 0 atom stereocenters. The monoisotopic (exact) mass is 272 g/mol. The predicted molar refractivity (Wildman–Crippen MR) is 84.2 cm³/mol. The second-order valence-corrected chi connectivity index (χ2v) is 5.34. The Morgan fingerprint density at radius 3 is 2.42 bits per heavy atom. The zero-order valence-electron chi connectivity index (χ0n) is 11.4. The van der Waals surface area contributed by atoms with E-state index in [9.17, 15) is 0 Å². The van der Waals surface area contributed by atoms with E-state index in [1.807, 2.05) is 30.3 Å². The molecule has 0 spiro atoms. The van der Waals surface area contributed by atoms with Gasteiger partial charge in [0.25, 0.3) is 0 Å². The smallest absolute Gasteiger partial charge is 0.169 e. The first kappa shape index (κ1) is 14.0. The Labute approximate surface area is 120 Å². The van der Waals surface area contributed by atoms with Crippen LogP contribution in [0.15, 0.2) is 48.5 Å². The largest absolute Gasteiger partial charge is 0.492 e. The molecule has 0 aliphatic heterocycles. The minimum absolute atomic E-state index is 0.482. The Hall–Kier alpha value is -1.41. The van der Waals surface area contributed by atoms with Gasteiger partial charge < -0.3 is 4.74 Å². The van der Waals surface area contributed by atoms with Crippen LogP contribution in [-0.4, -0.2) is 13.3 Å². The number of halogens is 1. The summed E-state index contributed by atoms with van der Waals surface area (Å²) in [5, 5.41) is 0.694. The fourth-order valence-corrected chi connectivity index (χ4v) is 2.16. The molecule has 2 aromatic rings. The zero-order chi connectivity index (χ0) is 13.7. The Morgan fingerprint density at radius 2 is 1.79 bits per heavy atom. The van der Waals surface area contributed by atoms with Crippen molar-refractivity contribution >= 4 is 23.8 Å². The van der Waals surface area contributed by atoms with Crippen molar-refractivity contribution < 1.29 is 4.74 Å². The summed E-state index contributed by atoms with van der Waals surface area (Å²) in [4.78, 5) is 0. The van der Waals surface area contributed by atoms with E-state index in [0.29, 0.717) is 18.3 Å². The molecule has 0 saturated carbocycles. The summed E-state index contributed by atoms with van der Waals surface area (Å²) in [7, 11) is 0. The number of ether oxygens (including phenoxy) is 1. The van der Waals surface area contributed by atoms with Crippen LogP contribution in [0.3, 0.4) is 0 Å². The van der Waals surface area contributed by atoms with Gasteiger partial charge in [-0.05, 0) is 17.7 Å². The molecule has 0 N–H and O–H groups in total. The lowest BCUT2D eigenvalue weighted by atomic mass is 9.49. The van der Waals surface area contributed by atoms with Crippen molar-refractivity contribution in [3.63, 3.8) is 0 Å². The summed E-state index contributed by atoms with van der Waals surface area (Å²) in [6.07, 6.45) is 0.892. The van der Waals surface area contributed by atoms with Gasteiger partial charge in [-0.2, -0.15) is 0 Å². The first-order valence-electron chi connectivity index (χ1n) is 6.63. The highest BCUT2D eigenvalue weighted by Crippen LogP contribution is 2.22. The first-order chi connectivity index (χ1) is 9.16. The average molecular weight is 273 g/mol. The highest BCUT2D eigenvalue weighted by molar-refractivity contribution is 6.70. The molecule has 3 heteroatoms. The van der Waals surface area contributed by atoms with Crippen molar-refractivity contribution in [2.24, 2.45) is 0 Å². The predicted octanol–water partition coefficient (Wildman–Crippen LogP) is 3.92. The standard InChI is InChI=1S/C16H18BClO/c1-17(2)14-8-9-16(15(18)12-14)19-11-10-13-6-4-3-5-7-13/h3-9,12H,10-11H2,1-2H3. The maximum absolute atomic E-state index is 6.23. The molecule has 2 rings (SSSR count). The zero-order valence-corrected chi connectivity index (χ0v) is 12.2. The maximum Gasteiger partial charge on any atom is 0.169 e. The third kappa shape index (κ3) is 4.04. The van der Waals surface area contributed by atoms with Gasteiger partial charge in [0.15, 0.2) is 6.71 Å². The Kier molecular flexibility index (Phi) is 4.92. The van der Waals surface area contributed by atoms with Crippen LogP contribution in [0.5, 0.6) is 5.75 Å². The average Bonchev–Trinajstić information content (AvgIpc) is 2.41. The third-order valence-corrected chi connectivity index (χ3v) is 3.41. The maximum atomic E-state index is 6.23. The van der Waals surface area contributed by atoms with E-state index in [-0.39, 0.29) is 0 Å². The van der Waals surface area contributed by atoms with Gasteiger partial charge in [0.2, 0.25) is 0 Å². The molecule has 0 amide bonds. The molecule has 2 aromatic carbocycles. The molecule has 1 nitrogen and oxygen atoms in total. The number of rotatable bonds is 5. The van der Waals surface area contributed by atoms with E-state index in [0.717, 1.165) is 12.2 Å². The molecule has 0 unspecified atom stereocenters. The van der Waals surface area contributed by atoms with Crippen LogP contribution in [0.4, 0.5) is 0 Å². The Bertz CT molecular complexity index is 526.